The molecule has 0 radical (unpaired) electrons. The van der Waals surface area contributed by atoms with Crippen molar-refractivity contribution in [2.24, 2.45) is 0 Å². The Morgan fingerprint density at radius 2 is 1.88 bits per heavy atom. The molecule has 2 aromatic carbocycles. The number of hydrogen-bond donors (Lipinski definition) is 0. The topological polar surface area (TPSA) is 26.3 Å². The number of fused-ring (bicyclic) bond motifs is 1. The van der Waals surface area contributed by atoms with Gasteiger partial charge in [0.2, 0.25) is 0 Å². The van der Waals surface area contributed by atoms with E-state index in [1.165, 1.54) is 6.92 Å². The first-order valence-corrected chi connectivity index (χ1v) is 4.27. The van der Waals surface area contributed by atoms with Crippen molar-refractivity contribution in [3.63, 3.8) is 0 Å². The van der Waals surface area contributed by atoms with Crippen molar-refractivity contribution in [2.75, 3.05) is 0 Å². The van der Waals surface area contributed by atoms with Gasteiger partial charge >= 0.3 is 103 Å². The van der Waals surface area contributed by atoms with Gasteiger partial charge in [-0.15, -0.1) is 6.07 Å². The Morgan fingerprint density at radius 1 is 1.19 bits per heavy atom. The fourth-order valence-corrected chi connectivity index (χ4v) is 1.30. The number of hydrogen-bond acceptors (Lipinski definition) is 2. The van der Waals surface area contributed by atoms with Crippen molar-refractivity contribution >= 4 is 16.7 Å². The molecule has 0 aliphatic rings. The maximum absolute atomic E-state index is 10.8. The first-order valence-electron chi connectivity index (χ1n) is 4.27. The molecular weight excluding hydrogens is 254 g/mol. The van der Waals surface area contributed by atoms with Crippen LogP contribution in [0.4, 0.5) is 0 Å². The third kappa shape index (κ3) is 4.61. The minimum atomic E-state index is -0.324. The van der Waals surface area contributed by atoms with Crippen molar-refractivity contribution in [1.82, 2.24) is 0 Å². The van der Waals surface area contributed by atoms with E-state index in [1.54, 1.807) is 18.2 Å². The van der Waals surface area contributed by atoms with E-state index in [1.807, 2.05) is 12.1 Å². The van der Waals surface area contributed by atoms with E-state index in [4.69, 9.17) is 4.74 Å². The summed E-state index contributed by atoms with van der Waals surface area (Å²) >= 11 is 0. The van der Waals surface area contributed by atoms with Gasteiger partial charge in [-0.2, -0.15) is 11.5 Å². The smallest absolute Gasteiger partial charge is 0.484 e. The van der Waals surface area contributed by atoms with E-state index >= 15 is 0 Å². The maximum Gasteiger partial charge on any atom is 1.00 e. The minimum Gasteiger partial charge on any atom is -0.484 e. The fraction of sp³-hybridized carbons (Fsp3) is 0.0833. The molecule has 0 fully saturated rings. The van der Waals surface area contributed by atoms with Gasteiger partial charge in [0.25, 0.3) is 5.97 Å². The molecule has 0 N–H and O–H groups in total. The number of carbonyl (C=O) groups excluding carboxylic acids is 1. The van der Waals surface area contributed by atoms with Crippen molar-refractivity contribution in [3.05, 3.63) is 42.5 Å². The molecule has 2 aromatic rings. The molecule has 70 valence electrons. The van der Waals surface area contributed by atoms with Crippen LogP contribution >= 0.6 is 0 Å². The number of benzene rings is 2. The zero-order valence-electron chi connectivity index (χ0n) is 9.70. The summed E-state index contributed by atoms with van der Waals surface area (Å²) in [4.78, 5) is 10.8. The molecular formula is C12H8K2O2. The summed E-state index contributed by atoms with van der Waals surface area (Å²) in [6, 6.07) is 15.1. The molecule has 2 rings (SSSR count). The molecule has 0 saturated carbocycles. The van der Waals surface area contributed by atoms with E-state index in [2.05, 4.69) is 12.1 Å². The van der Waals surface area contributed by atoms with Crippen molar-refractivity contribution in [1.29, 1.82) is 0 Å². The third-order valence-corrected chi connectivity index (χ3v) is 1.83. The van der Waals surface area contributed by atoms with E-state index in [9.17, 15) is 4.79 Å². The first-order chi connectivity index (χ1) is 6.77. The summed E-state index contributed by atoms with van der Waals surface area (Å²) in [5, 5.41) is 1.68. The van der Waals surface area contributed by atoms with Crippen molar-refractivity contribution in [3.8, 4) is 5.75 Å². The van der Waals surface area contributed by atoms with Gasteiger partial charge < -0.3 is 4.74 Å². The standard InChI is InChI=1S/C12H8O2.2K/c1-9(13)14-12-8-4-6-10-5-2-3-7-11(10)12;;/h2-4,6,8H,1H3;;/q-2;2*+1. The second-order valence-electron chi connectivity index (χ2n) is 2.89. The predicted octanol–water partition coefficient (Wildman–Crippen LogP) is -3.63. The molecule has 0 bridgehead atoms. The Balaban J connectivity index is 0.00000112. The quantitative estimate of drug-likeness (QED) is 0.230. The molecule has 4 heteroatoms. The summed E-state index contributed by atoms with van der Waals surface area (Å²) in [6.45, 7) is 1.38. The number of ether oxygens (including phenoxy) is 1. The van der Waals surface area contributed by atoms with Gasteiger partial charge in [-0.3, -0.25) is 4.79 Å². The molecule has 0 amide bonds. The number of carbonyl (C=O) groups is 1. The Hall–Kier alpha value is 1.44. The van der Waals surface area contributed by atoms with Crippen molar-refractivity contribution in [2.45, 2.75) is 6.92 Å². The molecule has 0 heterocycles. The van der Waals surface area contributed by atoms with Crippen LogP contribution in [0.5, 0.6) is 5.75 Å². The van der Waals surface area contributed by atoms with Crippen LogP contribution in [0.1, 0.15) is 6.92 Å². The summed E-state index contributed by atoms with van der Waals surface area (Å²) in [5.41, 5.74) is 0. The Morgan fingerprint density at radius 3 is 2.56 bits per heavy atom. The molecule has 0 aliphatic carbocycles. The van der Waals surface area contributed by atoms with Gasteiger partial charge in [0.15, 0.2) is 0 Å². The zero-order chi connectivity index (χ0) is 9.97. The minimum absolute atomic E-state index is 0. The van der Waals surface area contributed by atoms with Gasteiger partial charge in [-0.25, -0.2) is 29.7 Å². The second kappa shape index (κ2) is 8.53. The number of esters is 1. The summed E-state index contributed by atoms with van der Waals surface area (Å²) < 4.78 is 5.04. The molecule has 0 aromatic heterocycles. The molecule has 16 heavy (non-hydrogen) atoms. The van der Waals surface area contributed by atoms with Gasteiger partial charge in [0, 0.05) is 12.7 Å². The van der Waals surface area contributed by atoms with Crippen LogP contribution in [0.25, 0.3) is 10.8 Å². The van der Waals surface area contributed by atoms with E-state index in [0.29, 0.717) is 5.75 Å². The van der Waals surface area contributed by atoms with Gasteiger partial charge in [-0.1, -0.05) is 6.07 Å². The SMILES string of the molecule is CC(=O)Oc1cccc2[c-]cc[c-]c12.[K+].[K+]. The average molecular weight is 262 g/mol. The monoisotopic (exact) mass is 262 g/mol. The van der Waals surface area contributed by atoms with Crippen molar-refractivity contribution < 1.29 is 112 Å². The molecule has 0 spiro atoms. The van der Waals surface area contributed by atoms with Crippen LogP contribution in [0.3, 0.4) is 0 Å². The zero-order valence-corrected chi connectivity index (χ0v) is 15.9. The van der Waals surface area contributed by atoms with E-state index in [0.717, 1.165) is 10.8 Å². The molecule has 0 atom stereocenters. The Labute approximate surface area is 180 Å². The third-order valence-electron chi connectivity index (χ3n) is 1.83. The first kappa shape index (κ1) is 17.4. The molecule has 0 aliphatic heterocycles. The normalized spacial score (nSPS) is 8.81. The summed E-state index contributed by atoms with van der Waals surface area (Å²) in [6.07, 6.45) is 0. The molecule has 0 unspecified atom stereocenters. The van der Waals surface area contributed by atoms with Crippen LogP contribution in [0, 0.1) is 12.1 Å². The average Bonchev–Trinajstić information content (AvgIpc) is 2.18. The Bertz CT molecular complexity index is 478. The van der Waals surface area contributed by atoms with E-state index < -0.39 is 0 Å². The van der Waals surface area contributed by atoms with Crippen LogP contribution in [0.2, 0.25) is 0 Å². The van der Waals surface area contributed by atoms with Gasteiger partial charge in [0.1, 0.15) is 0 Å². The van der Waals surface area contributed by atoms with Gasteiger partial charge in [-0.05, 0) is 0 Å². The second-order valence-corrected chi connectivity index (χ2v) is 2.89. The Kier molecular flexibility index (Phi) is 9.30. The number of rotatable bonds is 1. The van der Waals surface area contributed by atoms with E-state index in [-0.39, 0.29) is 109 Å². The van der Waals surface area contributed by atoms with Crippen LogP contribution in [-0.2, 0) is 4.79 Å². The summed E-state index contributed by atoms with van der Waals surface area (Å²) in [7, 11) is 0. The van der Waals surface area contributed by atoms with Crippen LogP contribution in [-0.4, -0.2) is 5.97 Å². The predicted molar refractivity (Wildman–Crippen MR) is 52.9 cm³/mol. The largest absolute Gasteiger partial charge is 1.00 e. The van der Waals surface area contributed by atoms with Gasteiger partial charge in [0.05, 0.1) is 0 Å². The molecule has 2 nitrogen and oxygen atoms in total. The van der Waals surface area contributed by atoms with Crippen LogP contribution in [0.15, 0.2) is 30.3 Å². The fourth-order valence-electron chi connectivity index (χ4n) is 1.30. The summed E-state index contributed by atoms with van der Waals surface area (Å²) in [5.74, 6) is 0.210. The van der Waals surface area contributed by atoms with Crippen LogP contribution < -0.4 is 108 Å². The maximum atomic E-state index is 10.8. The molecule has 0 saturated heterocycles.